The normalized spacial score (nSPS) is 17.7. The third kappa shape index (κ3) is 4.38. The van der Waals surface area contributed by atoms with E-state index in [4.69, 9.17) is 13.9 Å². The van der Waals surface area contributed by atoms with Gasteiger partial charge in [-0.1, -0.05) is 55.1 Å². The fourth-order valence-corrected chi connectivity index (χ4v) is 5.54. The summed E-state index contributed by atoms with van der Waals surface area (Å²) in [6.07, 6.45) is 2.46. The first-order chi connectivity index (χ1) is 18.7. The van der Waals surface area contributed by atoms with E-state index in [1.54, 1.807) is 17.0 Å². The molecule has 7 nitrogen and oxygen atoms in total. The van der Waals surface area contributed by atoms with Gasteiger partial charge in [0.2, 0.25) is 5.76 Å². The van der Waals surface area contributed by atoms with E-state index >= 15 is 0 Å². The Balaban J connectivity index is 1.44. The molecule has 6 rings (SSSR count). The van der Waals surface area contributed by atoms with Crippen LogP contribution in [0, 0.1) is 0 Å². The third-order valence-electron chi connectivity index (χ3n) is 7.38. The van der Waals surface area contributed by atoms with E-state index in [0.717, 1.165) is 55.6 Å². The lowest BCUT2D eigenvalue weighted by molar-refractivity contribution is 0.0353. The van der Waals surface area contributed by atoms with Gasteiger partial charge in [0.25, 0.3) is 5.91 Å². The lowest BCUT2D eigenvalue weighted by Gasteiger charge is -2.29. The largest absolute Gasteiger partial charge is 0.490 e. The van der Waals surface area contributed by atoms with Crippen molar-refractivity contribution in [1.82, 2.24) is 9.80 Å². The van der Waals surface area contributed by atoms with Gasteiger partial charge in [0.1, 0.15) is 17.9 Å². The van der Waals surface area contributed by atoms with Crippen LogP contribution in [-0.2, 0) is 4.74 Å². The van der Waals surface area contributed by atoms with E-state index in [0.29, 0.717) is 35.4 Å². The topological polar surface area (TPSA) is 72.2 Å². The molecule has 0 saturated carbocycles. The molecule has 3 heterocycles. The molecule has 0 spiro atoms. The minimum Gasteiger partial charge on any atom is -0.490 e. The summed E-state index contributed by atoms with van der Waals surface area (Å²) in [7, 11) is 0. The number of hydrogen-bond donors (Lipinski definition) is 0. The molecule has 1 saturated heterocycles. The zero-order valence-corrected chi connectivity index (χ0v) is 21.2. The highest BCUT2D eigenvalue weighted by Gasteiger charge is 2.42. The van der Waals surface area contributed by atoms with Crippen LogP contribution in [0.2, 0.25) is 0 Å². The molecule has 1 unspecified atom stereocenters. The SMILES string of the molecule is C=CCOc1cccc(C2c3c(oc4c(ccc5ccccc54)c3=O)C(=O)N2CCCN2CCOCC2)c1. The van der Waals surface area contributed by atoms with Crippen LogP contribution in [-0.4, -0.2) is 61.7 Å². The second kappa shape index (κ2) is 10.4. The van der Waals surface area contributed by atoms with Crippen LogP contribution in [0.15, 0.2) is 82.5 Å². The molecule has 2 aliphatic rings. The molecule has 1 amide bonds. The summed E-state index contributed by atoms with van der Waals surface area (Å²) in [5, 5.41) is 2.26. The number of benzene rings is 3. The lowest BCUT2D eigenvalue weighted by atomic mass is 9.97. The van der Waals surface area contributed by atoms with Crippen LogP contribution in [0.4, 0.5) is 0 Å². The van der Waals surface area contributed by atoms with Crippen molar-refractivity contribution in [2.45, 2.75) is 12.5 Å². The van der Waals surface area contributed by atoms with Crippen LogP contribution in [0.5, 0.6) is 5.75 Å². The Labute approximate surface area is 220 Å². The summed E-state index contributed by atoms with van der Waals surface area (Å²) >= 11 is 0. The maximum absolute atomic E-state index is 14.0. The Kier molecular flexibility index (Phi) is 6.70. The lowest BCUT2D eigenvalue weighted by Crippen LogP contribution is -2.38. The average molecular weight is 511 g/mol. The van der Waals surface area contributed by atoms with Crippen molar-refractivity contribution in [3.8, 4) is 5.75 Å². The summed E-state index contributed by atoms with van der Waals surface area (Å²) in [4.78, 5) is 32.0. The minimum absolute atomic E-state index is 0.132. The number of hydrogen-bond acceptors (Lipinski definition) is 6. The first-order valence-corrected chi connectivity index (χ1v) is 13.1. The van der Waals surface area contributed by atoms with Crippen molar-refractivity contribution in [2.24, 2.45) is 0 Å². The highest BCUT2D eigenvalue weighted by atomic mass is 16.5. The van der Waals surface area contributed by atoms with Gasteiger partial charge >= 0.3 is 0 Å². The number of ether oxygens (including phenoxy) is 2. The van der Waals surface area contributed by atoms with Crippen molar-refractivity contribution in [2.75, 3.05) is 46.0 Å². The molecule has 0 aliphatic carbocycles. The monoisotopic (exact) mass is 510 g/mol. The van der Waals surface area contributed by atoms with Crippen LogP contribution in [0.25, 0.3) is 21.7 Å². The molecule has 1 fully saturated rings. The molecule has 7 heteroatoms. The molecule has 38 heavy (non-hydrogen) atoms. The molecule has 0 radical (unpaired) electrons. The predicted molar refractivity (Wildman–Crippen MR) is 147 cm³/mol. The van der Waals surface area contributed by atoms with Crippen molar-refractivity contribution in [3.63, 3.8) is 0 Å². The Bertz CT molecular complexity index is 1570. The van der Waals surface area contributed by atoms with Crippen LogP contribution in [0.3, 0.4) is 0 Å². The van der Waals surface area contributed by atoms with E-state index in [1.807, 2.05) is 54.6 Å². The van der Waals surface area contributed by atoms with Gasteiger partial charge in [-0.25, -0.2) is 0 Å². The van der Waals surface area contributed by atoms with Gasteiger partial charge in [-0.05, 0) is 35.6 Å². The summed E-state index contributed by atoms with van der Waals surface area (Å²) in [5.41, 5.74) is 1.50. The van der Waals surface area contributed by atoms with Crippen molar-refractivity contribution < 1.29 is 18.7 Å². The van der Waals surface area contributed by atoms with E-state index < -0.39 is 6.04 Å². The first kappa shape index (κ1) is 24.4. The second-order valence-corrected chi connectivity index (χ2v) is 9.72. The van der Waals surface area contributed by atoms with Crippen molar-refractivity contribution >= 4 is 27.6 Å². The maximum Gasteiger partial charge on any atom is 0.290 e. The van der Waals surface area contributed by atoms with Gasteiger partial charge in [-0.3, -0.25) is 14.5 Å². The average Bonchev–Trinajstić information content (AvgIpc) is 3.24. The Morgan fingerprint density at radius 1 is 0.974 bits per heavy atom. The number of carbonyl (C=O) groups is 1. The van der Waals surface area contributed by atoms with Gasteiger partial charge < -0.3 is 18.8 Å². The van der Waals surface area contributed by atoms with Gasteiger partial charge in [-0.15, -0.1) is 0 Å². The molecular formula is C31H30N2O5. The predicted octanol–water partition coefficient (Wildman–Crippen LogP) is 4.78. The second-order valence-electron chi connectivity index (χ2n) is 9.72. The number of morpholine rings is 1. The Morgan fingerprint density at radius 2 is 1.82 bits per heavy atom. The molecule has 194 valence electrons. The Morgan fingerprint density at radius 3 is 2.66 bits per heavy atom. The summed E-state index contributed by atoms with van der Waals surface area (Å²) in [5.74, 6) is 0.539. The molecular weight excluding hydrogens is 480 g/mol. The van der Waals surface area contributed by atoms with Gasteiger partial charge in [0.05, 0.1) is 30.2 Å². The molecule has 4 aromatic rings. The Hall–Kier alpha value is -3.94. The first-order valence-electron chi connectivity index (χ1n) is 13.1. The maximum atomic E-state index is 14.0. The minimum atomic E-state index is -0.554. The molecule has 3 aromatic carbocycles. The van der Waals surface area contributed by atoms with Crippen LogP contribution >= 0.6 is 0 Å². The molecule has 1 atom stereocenters. The summed E-state index contributed by atoms with van der Waals surface area (Å²) in [6.45, 7) is 8.67. The third-order valence-corrected chi connectivity index (χ3v) is 7.38. The van der Waals surface area contributed by atoms with E-state index in [9.17, 15) is 9.59 Å². The molecule has 1 aromatic heterocycles. The van der Waals surface area contributed by atoms with E-state index in [2.05, 4.69) is 11.5 Å². The quantitative estimate of drug-likeness (QED) is 0.251. The fraction of sp³-hybridized carbons (Fsp3) is 0.290. The van der Waals surface area contributed by atoms with Crippen LogP contribution in [0.1, 0.15) is 34.1 Å². The molecule has 0 N–H and O–H groups in total. The van der Waals surface area contributed by atoms with Gasteiger partial charge in [0, 0.05) is 31.6 Å². The highest BCUT2D eigenvalue weighted by Crippen LogP contribution is 2.40. The summed E-state index contributed by atoms with van der Waals surface area (Å²) < 4.78 is 17.6. The number of carbonyl (C=O) groups excluding carboxylic acids is 1. The van der Waals surface area contributed by atoms with Crippen molar-refractivity contribution in [1.29, 1.82) is 0 Å². The summed E-state index contributed by atoms with van der Waals surface area (Å²) in [6, 6.07) is 18.5. The van der Waals surface area contributed by atoms with Gasteiger partial charge in [-0.2, -0.15) is 0 Å². The van der Waals surface area contributed by atoms with Crippen molar-refractivity contribution in [3.05, 3.63) is 100 Å². The zero-order valence-electron chi connectivity index (χ0n) is 21.2. The number of rotatable bonds is 8. The molecule has 2 aliphatic heterocycles. The van der Waals surface area contributed by atoms with Crippen LogP contribution < -0.4 is 10.2 Å². The standard InChI is InChI=1S/C31H30N2O5/c1-2-17-37-23-9-5-8-22(20-23)27-26-28(34)25-12-11-21-7-3-4-10-24(21)29(25)38-30(26)31(35)33(27)14-6-13-32-15-18-36-19-16-32/h2-5,7-12,20,27H,1,6,13-19H2. The smallest absolute Gasteiger partial charge is 0.290 e. The highest BCUT2D eigenvalue weighted by molar-refractivity contribution is 6.06. The molecule has 0 bridgehead atoms. The fourth-order valence-electron chi connectivity index (χ4n) is 5.54. The number of nitrogens with zero attached hydrogens (tertiary/aromatic N) is 2. The van der Waals surface area contributed by atoms with E-state index in [-0.39, 0.29) is 17.1 Å². The van der Waals surface area contributed by atoms with E-state index in [1.165, 1.54) is 0 Å². The zero-order chi connectivity index (χ0) is 26.1. The van der Waals surface area contributed by atoms with Gasteiger partial charge in [0.15, 0.2) is 5.43 Å². The number of amides is 1. The number of fused-ring (bicyclic) bond motifs is 4.